The van der Waals surface area contributed by atoms with Crippen LogP contribution in [0, 0.1) is 0 Å². The Kier molecular flexibility index (Phi) is 5.42. The molecule has 1 aromatic heterocycles. The van der Waals surface area contributed by atoms with E-state index >= 15 is 0 Å². The molecule has 0 aliphatic carbocycles. The van der Waals surface area contributed by atoms with E-state index in [-0.39, 0.29) is 22.8 Å². The molecule has 0 bridgehead atoms. The number of benzene rings is 2. The van der Waals surface area contributed by atoms with Gasteiger partial charge >= 0.3 is 0 Å². The maximum atomic E-state index is 13.1. The van der Waals surface area contributed by atoms with Gasteiger partial charge in [-0.3, -0.25) is 14.2 Å². The van der Waals surface area contributed by atoms with Crippen LogP contribution in [0.2, 0.25) is 0 Å². The summed E-state index contributed by atoms with van der Waals surface area (Å²) in [6, 6.07) is 16.7. The van der Waals surface area contributed by atoms with Gasteiger partial charge in [0.2, 0.25) is 5.91 Å². The second kappa shape index (κ2) is 7.74. The van der Waals surface area contributed by atoms with Gasteiger partial charge in [0, 0.05) is 6.04 Å². The molecule has 26 heavy (non-hydrogen) atoms. The molecule has 1 N–H and O–H groups in total. The maximum Gasteiger partial charge on any atom is 0.266 e. The molecule has 3 rings (SSSR count). The van der Waals surface area contributed by atoms with Crippen LogP contribution >= 0.6 is 11.8 Å². The fraction of sp³-hybridized carbons (Fsp3) is 0.250. The van der Waals surface area contributed by atoms with E-state index in [9.17, 15) is 9.59 Å². The van der Waals surface area contributed by atoms with E-state index in [1.54, 1.807) is 10.6 Å². The first-order valence-electron chi connectivity index (χ1n) is 8.51. The highest BCUT2D eigenvalue weighted by Gasteiger charge is 2.20. The Labute approximate surface area is 156 Å². The number of nitrogens with one attached hydrogen (secondary N) is 1. The van der Waals surface area contributed by atoms with Gasteiger partial charge < -0.3 is 5.32 Å². The quantitative estimate of drug-likeness (QED) is 0.555. The molecule has 1 atom stereocenters. The fourth-order valence-corrected chi connectivity index (χ4v) is 3.55. The molecule has 3 aromatic rings. The second-order valence-corrected chi connectivity index (χ2v) is 7.62. The predicted molar refractivity (Wildman–Crippen MR) is 106 cm³/mol. The fourth-order valence-electron chi connectivity index (χ4n) is 2.61. The van der Waals surface area contributed by atoms with Crippen LogP contribution in [0.5, 0.6) is 0 Å². The first-order chi connectivity index (χ1) is 12.5. The van der Waals surface area contributed by atoms with Crippen LogP contribution in [-0.2, 0) is 4.79 Å². The number of hydrogen-bond donors (Lipinski definition) is 1. The molecule has 0 fully saturated rings. The number of nitrogens with zero attached hydrogens (tertiary/aromatic N) is 2. The lowest BCUT2D eigenvalue weighted by Crippen LogP contribution is -2.36. The topological polar surface area (TPSA) is 64.0 Å². The lowest BCUT2D eigenvalue weighted by molar-refractivity contribution is -0.120. The summed E-state index contributed by atoms with van der Waals surface area (Å²) < 4.78 is 1.58. The van der Waals surface area contributed by atoms with E-state index in [1.807, 2.05) is 69.3 Å². The van der Waals surface area contributed by atoms with Crippen LogP contribution in [-0.4, -0.2) is 26.8 Å². The number of aromatic nitrogens is 2. The van der Waals surface area contributed by atoms with E-state index in [1.165, 1.54) is 11.8 Å². The van der Waals surface area contributed by atoms with Crippen molar-refractivity contribution < 1.29 is 4.79 Å². The molecule has 0 radical (unpaired) electrons. The SMILES string of the molecule is CC(C)NC(=O)C(C)Sc1nc2ccccc2c(=O)n1-c1ccccc1. The average molecular weight is 367 g/mol. The summed E-state index contributed by atoms with van der Waals surface area (Å²) >= 11 is 1.28. The third-order valence-electron chi connectivity index (χ3n) is 3.84. The monoisotopic (exact) mass is 367 g/mol. The molecule has 0 aliphatic heterocycles. The second-order valence-electron chi connectivity index (χ2n) is 6.31. The number of para-hydroxylation sites is 2. The Morgan fingerprint density at radius 3 is 2.38 bits per heavy atom. The molecule has 0 saturated carbocycles. The maximum absolute atomic E-state index is 13.1. The van der Waals surface area contributed by atoms with Gasteiger partial charge in [-0.2, -0.15) is 0 Å². The summed E-state index contributed by atoms with van der Waals surface area (Å²) in [7, 11) is 0. The van der Waals surface area contributed by atoms with Gasteiger partial charge in [-0.1, -0.05) is 42.1 Å². The lowest BCUT2D eigenvalue weighted by Gasteiger charge is -2.17. The highest BCUT2D eigenvalue weighted by Crippen LogP contribution is 2.25. The summed E-state index contributed by atoms with van der Waals surface area (Å²) in [4.78, 5) is 30.1. The van der Waals surface area contributed by atoms with Crippen LogP contribution in [0.15, 0.2) is 64.5 Å². The van der Waals surface area contributed by atoms with E-state index in [4.69, 9.17) is 0 Å². The predicted octanol–water partition coefficient (Wildman–Crippen LogP) is 3.39. The molecule has 1 heterocycles. The number of amides is 1. The molecule has 0 aliphatic rings. The average Bonchev–Trinajstić information content (AvgIpc) is 2.62. The van der Waals surface area contributed by atoms with Gasteiger partial charge in [-0.15, -0.1) is 0 Å². The van der Waals surface area contributed by atoms with Crippen molar-refractivity contribution in [1.29, 1.82) is 0 Å². The largest absolute Gasteiger partial charge is 0.353 e. The Bertz CT molecular complexity index is 983. The van der Waals surface area contributed by atoms with E-state index in [0.29, 0.717) is 16.1 Å². The van der Waals surface area contributed by atoms with Gasteiger partial charge in [-0.05, 0) is 45.0 Å². The van der Waals surface area contributed by atoms with Crippen molar-refractivity contribution >= 4 is 28.6 Å². The van der Waals surface area contributed by atoms with Crippen LogP contribution in [0.25, 0.3) is 16.6 Å². The highest BCUT2D eigenvalue weighted by molar-refractivity contribution is 8.00. The van der Waals surface area contributed by atoms with Crippen molar-refractivity contribution in [3.8, 4) is 5.69 Å². The molecular formula is C20H21N3O2S. The molecule has 134 valence electrons. The number of hydrogen-bond acceptors (Lipinski definition) is 4. The van der Waals surface area contributed by atoms with E-state index in [0.717, 1.165) is 5.69 Å². The first-order valence-corrected chi connectivity index (χ1v) is 9.39. The minimum atomic E-state index is -0.375. The first kappa shape index (κ1) is 18.2. The smallest absolute Gasteiger partial charge is 0.266 e. The third-order valence-corrected chi connectivity index (χ3v) is 4.89. The normalized spacial score (nSPS) is 12.3. The van der Waals surface area contributed by atoms with Crippen molar-refractivity contribution in [2.75, 3.05) is 0 Å². The number of rotatable bonds is 5. The summed E-state index contributed by atoms with van der Waals surface area (Å²) in [5.41, 5.74) is 1.22. The molecule has 2 aromatic carbocycles. The Morgan fingerprint density at radius 1 is 1.04 bits per heavy atom. The summed E-state index contributed by atoms with van der Waals surface area (Å²) in [6.45, 7) is 5.66. The van der Waals surface area contributed by atoms with Gasteiger partial charge in [0.05, 0.1) is 21.8 Å². The molecule has 1 amide bonds. The minimum Gasteiger partial charge on any atom is -0.353 e. The zero-order chi connectivity index (χ0) is 18.7. The van der Waals surface area contributed by atoms with Crippen molar-refractivity contribution in [2.45, 2.75) is 37.2 Å². The van der Waals surface area contributed by atoms with Gasteiger partial charge in [0.1, 0.15) is 0 Å². The van der Waals surface area contributed by atoms with Gasteiger partial charge in [-0.25, -0.2) is 4.98 Å². The summed E-state index contributed by atoms with van der Waals surface area (Å²) in [5, 5.41) is 3.59. The zero-order valence-electron chi connectivity index (χ0n) is 15.0. The highest BCUT2D eigenvalue weighted by atomic mass is 32.2. The van der Waals surface area contributed by atoms with Crippen molar-refractivity contribution in [1.82, 2.24) is 14.9 Å². The van der Waals surface area contributed by atoms with Gasteiger partial charge in [0.15, 0.2) is 5.16 Å². The van der Waals surface area contributed by atoms with Crippen molar-refractivity contribution in [3.63, 3.8) is 0 Å². The van der Waals surface area contributed by atoms with Crippen LogP contribution in [0.3, 0.4) is 0 Å². The number of carbonyl (C=O) groups is 1. The van der Waals surface area contributed by atoms with Crippen molar-refractivity contribution in [2.24, 2.45) is 0 Å². The van der Waals surface area contributed by atoms with Crippen molar-refractivity contribution in [3.05, 3.63) is 65.0 Å². The van der Waals surface area contributed by atoms with E-state index < -0.39 is 0 Å². The van der Waals surface area contributed by atoms with Gasteiger partial charge in [0.25, 0.3) is 5.56 Å². The minimum absolute atomic E-state index is 0.0615. The molecule has 0 saturated heterocycles. The molecule has 0 spiro atoms. The van der Waals surface area contributed by atoms with Crippen LogP contribution in [0.4, 0.5) is 0 Å². The molecule has 6 heteroatoms. The third kappa shape index (κ3) is 3.80. The number of thioether (sulfide) groups is 1. The Balaban J connectivity index is 2.11. The summed E-state index contributed by atoms with van der Waals surface area (Å²) in [6.07, 6.45) is 0. The Hall–Kier alpha value is -2.60. The molecule has 1 unspecified atom stereocenters. The molecular weight excluding hydrogens is 346 g/mol. The number of carbonyl (C=O) groups excluding carboxylic acids is 1. The standard InChI is InChI=1S/C20H21N3O2S/c1-13(2)21-18(24)14(3)26-20-22-17-12-8-7-11-16(17)19(25)23(20)15-9-5-4-6-10-15/h4-14H,1-3H3,(H,21,24). The summed E-state index contributed by atoms with van der Waals surface area (Å²) in [5.74, 6) is -0.0768. The number of fused-ring (bicyclic) bond motifs is 1. The van der Waals surface area contributed by atoms with E-state index in [2.05, 4.69) is 10.3 Å². The van der Waals surface area contributed by atoms with Crippen LogP contribution < -0.4 is 10.9 Å². The lowest BCUT2D eigenvalue weighted by atomic mass is 10.2. The Morgan fingerprint density at radius 2 is 1.69 bits per heavy atom. The van der Waals surface area contributed by atoms with Crippen LogP contribution in [0.1, 0.15) is 20.8 Å². The zero-order valence-corrected chi connectivity index (χ0v) is 15.8. The molecule has 5 nitrogen and oxygen atoms in total.